The molecule has 4 unspecified atom stereocenters. The molecule has 0 aromatic heterocycles. The minimum absolute atomic E-state index is 0.000202. The highest BCUT2D eigenvalue weighted by atomic mass is 32.1. The second-order valence-corrected chi connectivity index (χ2v) is 8.50. The number of unbranched alkanes of at least 4 members (excludes halogenated alkanes) is 1. The highest BCUT2D eigenvalue weighted by Crippen LogP contribution is 2.12. The van der Waals surface area contributed by atoms with Crippen LogP contribution in [0.2, 0.25) is 0 Å². The smallest absolute Gasteiger partial charge is 0.327 e. The Kier molecular flexibility index (Phi) is 13.3. The van der Waals surface area contributed by atoms with Crippen molar-refractivity contribution in [3.8, 4) is 5.75 Å². The Bertz CT molecular complexity index is 915. The predicted molar refractivity (Wildman–Crippen MR) is 134 cm³/mol. The van der Waals surface area contributed by atoms with E-state index >= 15 is 0 Å². The Hall–Kier alpha value is -3.36. The molecule has 13 nitrogen and oxygen atoms in total. The van der Waals surface area contributed by atoms with Crippen LogP contribution in [-0.4, -0.2) is 76.3 Å². The topological polar surface area (TPSA) is 240 Å². The number of rotatable bonds is 16. The molecule has 14 heteroatoms. The monoisotopic (exact) mass is 526 g/mol. The Morgan fingerprint density at radius 1 is 0.889 bits per heavy atom. The van der Waals surface area contributed by atoms with Crippen LogP contribution in [-0.2, 0) is 30.4 Å². The number of benzene rings is 1. The summed E-state index contributed by atoms with van der Waals surface area (Å²) in [5.74, 6) is -4.55. The minimum Gasteiger partial charge on any atom is -0.508 e. The summed E-state index contributed by atoms with van der Waals surface area (Å²) in [7, 11) is 0. The number of nitrogens with two attached hydrogens (primary N) is 3. The number of carboxylic acids is 1. The standard InChI is InChI=1S/C22H34N6O7S/c23-8-2-1-3-15(26-19(31)14(24)10-18(25)30)20(32)27-16(9-12-4-6-13(29)7-5-12)21(33)28-17(11-36)22(34)35/h4-7,14-17,29,36H,1-3,8-11,23-24H2,(H2,25,30)(H,26,31)(H,27,32)(H,28,33)(H,34,35). The van der Waals surface area contributed by atoms with Crippen molar-refractivity contribution in [3.63, 3.8) is 0 Å². The van der Waals surface area contributed by atoms with Gasteiger partial charge in [0, 0.05) is 12.2 Å². The molecule has 0 heterocycles. The number of aliphatic carboxylic acids is 1. The molecule has 0 aliphatic carbocycles. The third-order valence-corrected chi connectivity index (χ3v) is 5.51. The van der Waals surface area contributed by atoms with E-state index in [1.165, 1.54) is 12.1 Å². The zero-order valence-electron chi connectivity index (χ0n) is 19.7. The van der Waals surface area contributed by atoms with Crippen LogP contribution in [0.3, 0.4) is 0 Å². The van der Waals surface area contributed by atoms with Crippen molar-refractivity contribution in [1.82, 2.24) is 16.0 Å². The van der Waals surface area contributed by atoms with E-state index in [-0.39, 0.29) is 24.3 Å². The molecule has 0 aliphatic rings. The molecule has 1 aromatic rings. The molecule has 11 N–H and O–H groups in total. The molecule has 1 aromatic carbocycles. The fraction of sp³-hybridized carbons (Fsp3) is 0.500. The lowest BCUT2D eigenvalue weighted by Gasteiger charge is -2.25. The molecular weight excluding hydrogens is 492 g/mol. The number of phenols is 1. The number of amides is 4. The van der Waals surface area contributed by atoms with E-state index in [0.717, 1.165) is 0 Å². The molecule has 36 heavy (non-hydrogen) atoms. The number of nitrogens with one attached hydrogen (secondary N) is 3. The zero-order valence-corrected chi connectivity index (χ0v) is 20.6. The van der Waals surface area contributed by atoms with Crippen LogP contribution in [0.5, 0.6) is 5.75 Å². The molecule has 4 amide bonds. The number of carbonyl (C=O) groups is 5. The van der Waals surface area contributed by atoms with Gasteiger partial charge in [0.05, 0.1) is 12.5 Å². The first-order valence-corrected chi connectivity index (χ1v) is 11.9. The maximum Gasteiger partial charge on any atom is 0.327 e. The van der Waals surface area contributed by atoms with Gasteiger partial charge in [-0.3, -0.25) is 19.2 Å². The number of aromatic hydroxyl groups is 1. The number of phenolic OH excluding ortho intramolecular Hbond substituents is 1. The van der Waals surface area contributed by atoms with Crippen molar-refractivity contribution < 1.29 is 34.2 Å². The van der Waals surface area contributed by atoms with Crippen molar-refractivity contribution in [2.75, 3.05) is 12.3 Å². The summed E-state index contributed by atoms with van der Waals surface area (Å²) in [6.45, 7) is 0.357. The molecule has 0 saturated heterocycles. The largest absolute Gasteiger partial charge is 0.508 e. The van der Waals surface area contributed by atoms with Crippen LogP contribution >= 0.6 is 12.6 Å². The summed E-state index contributed by atoms with van der Waals surface area (Å²) >= 11 is 3.93. The summed E-state index contributed by atoms with van der Waals surface area (Å²) in [6.07, 6.45) is 0.735. The van der Waals surface area contributed by atoms with Gasteiger partial charge in [0.15, 0.2) is 0 Å². The maximum atomic E-state index is 13.1. The predicted octanol–water partition coefficient (Wildman–Crippen LogP) is -2.26. The fourth-order valence-corrected chi connectivity index (χ4v) is 3.40. The SMILES string of the molecule is NCCCCC(NC(=O)C(N)CC(N)=O)C(=O)NC(Cc1ccc(O)cc1)C(=O)NC(CS)C(=O)O. The summed E-state index contributed by atoms with van der Waals surface area (Å²) in [4.78, 5) is 60.9. The quantitative estimate of drug-likeness (QED) is 0.0832. The Labute approximate surface area is 213 Å². The minimum atomic E-state index is -1.30. The van der Waals surface area contributed by atoms with Gasteiger partial charge in [-0.05, 0) is 43.5 Å². The zero-order chi connectivity index (χ0) is 27.3. The number of thiol groups is 1. The van der Waals surface area contributed by atoms with E-state index in [1.54, 1.807) is 12.1 Å². The van der Waals surface area contributed by atoms with Gasteiger partial charge in [-0.2, -0.15) is 12.6 Å². The van der Waals surface area contributed by atoms with Crippen LogP contribution < -0.4 is 33.2 Å². The van der Waals surface area contributed by atoms with Gasteiger partial charge >= 0.3 is 5.97 Å². The van der Waals surface area contributed by atoms with Crippen molar-refractivity contribution in [1.29, 1.82) is 0 Å². The number of hydrogen-bond acceptors (Lipinski definition) is 9. The van der Waals surface area contributed by atoms with E-state index in [0.29, 0.717) is 24.9 Å². The highest BCUT2D eigenvalue weighted by Gasteiger charge is 2.30. The van der Waals surface area contributed by atoms with E-state index in [4.69, 9.17) is 17.2 Å². The lowest BCUT2D eigenvalue weighted by atomic mass is 10.0. The molecule has 1 rings (SSSR count). The first kappa shape index (κ1) is 30.7. The Morgan fingerprint density at radius 3 is 1.97 bits per heavy atom. The van der Waals surface area contributed by atoms with Gasteiger partial charge in [-0.1, -0.05) is 12.1 Å². The molecule has 200 valence electrons. The van der Waals surface area contributed by atoms with Crippen molar-refractivity contribution in [2.45, 2.75) is 56.3 Å². The average molecular weight is 527 g/mol. The summed E-state index contributed by atoms with van der Waals surface area (Å²) in [6, 6.07) is 0.972. The number of carboxylic acid groups (broad SMARTS) is 1. The van der Waals surface area contributed by atoms with Gasteiger partial charge in [-0.25, -0.2) is 4.79 Å². The van der Waals surface area contributed by atoms with Gasteiger partial charge in [0.1, 0.15) is 23.9 Å². The van der Waals surface area contributed by atoms with Gasteiger partial charge in [0.2, 0.25) is 23.6 Å². The fourth-order valence-electron chi connectivity index (χ4n) is 3.16. The van der Waals surface area contributed by atoms with Crippen molar-refractivity contribution >= 4 is 42.2 Å². The van der Waals surface area contributed by atoms with Crippen LogP contribution in [0.4, 0.5) is 0 Å². The van der Waals surface area contributed by atoms with E-state index in [2.05, 4.69) is 28.6 Å². The molecular formula is C22H34N6O7S. The van der Waals surface area contributed by atoms with Gasteiger partial charge < -0.3 is 43.4 Å². The lowest BCUT2D eigenvalue weighted by molar-refractivity contribution is -0.141. The maximum absolute atomic E-state index is 13.1. The van der Waals surface area contributed by atoms with E-state index in [9.17, 15) is 34.2 Å². The molecule has 4 atom stereocenters. The Balaban J connectivity index is 3.11. The molecule has 0 aliphatic heterocycles. The molecule has 0 fully saturated rings. The second kappa shape index (κ2) is 15.6. The number of hydrogen-bond donors (Lipinski definition) is 9. The van der Waals surface area contributed by atoms with Crippen LogP contribution in [0.25, 0.3) is 0 Å². The molecule has 0 saturated carbocycles. The first-order valence-electron chi connectivity index (χ1n) is 11.2. The lowest BCUT2D eigenvalue weighted by Crippen LogP contribution is -2.58. The van der Waals surface area contributed by atoms with Crippen LogP contribution in [0.1, 0.15) is 31.2 Å². The van der Waals surface area contributed by atoms with Crippen LogP contribution in [0, 0.1) is 0 Å². The van der Waals surface area contributed by atoms with Gasteiger partial charge in [-0.15, -0.1) is 0 Å². The molecule has 0 bridgehead atoms. The molecule has 0 spiro atoms. The third kappa shape index (κ3) is 10.9. The molecule has 0 radical (unpaired) electrons. The van der Waals surface area contributed by atoms with E-state index in [1.807, 2.05) is 0 Å². The van der Waals surface area contributed by atoms with Gasteiger partial charge in [0.25, 0.3) is 0 Å². The van der Waals surface area contributed by atoms with E-state index < -0.39 is 60.2 Å². The average Bonchev–Trinajstić information content (AvgIpc) is 2.81. The first-order chi connectivity index (χ1) is 17.0. The number of primary amides is 1. The normalized spacial score (nSPS) is 14.1. The number of carbonyl (C=O) groups excluding carboxylic acids is 4. The summed E-state index contributed by atoms with van der Waals surface area (Å²) in [5.41, 5.74) is 16.8. The van der Waals surface area contributed by atoms with Crippen molar-refractivity contribution in [2.24, 2.45) is 17.2 Å². The summed E-state index contributed by atoms with van der Waals surface area (Å²) in [5, 5.41) is 26.1. The highest BCUT2D eigenvalue weighted by molar-refractivity contribution is 7.80. The third-order valence-electron chi connectivity index (χ3n) is 5.14. The Morgan fingerprint density at radius 2 is 1.44 bits per heavy atom. The second-order valence-electron chi connectivity index (χ2n) is 8.14. The van der Waals surface area contributed by atoms with Crippen LogP contribution in [0.15, 0.2) is 24.3 Å². The summed E-state index contributed by atoms with van der Waals surface area (Å²) < 4.78 is 0. The van der Waals surface area contributed by atoms with Crippen molar-refractivity contribution in [3.05, 3.63) is 29.8 Å².